The number of allylic oxidation sites excluding steroid dienone is 1. The van der Waals surface area contributed by atoms with Gasteiger partial charge < -0.3 is 5.32 Å². The molecule has 0 saturated heterocycles. The van der Waals surface area contributed by atoms with E-state index >= 15 is 0 Å². The highest BCUT2D eigenvalue weighted by molar-refractivity contribution is 6.13. The fourth-order valence-corrected chi connectivity index (χ4v) is 7.61. The predicted octanol–water partition coefficient (Wildman–Crippen LogP) is 9.17. The summed E-state index contributed by atoms with van der Waals surface area (Å²) in [4.78, 5) is 10.4. The molecule has 1 aromatic heterocycles. The number of anilines is 1. The van der Waals surface area contributed by atoms with Gasteiger partial charge in [-0.2, -0.15) is 0 Å². The first-order valence-corrected chi connectivity index (χ1v) is 14.6. The van der Waals surface area contributed by atoms with Gasteiger partial charge in [0.2, 0.25) is 0 Å². The molecule has 40 heavy (non-hydrogen) atoms. The lowest BCUT2D eigenvalue weighted by atomic mass is 9.70. The number of nitrogens with one attached hydrogen (secondary N) is 1. The second kappa shape index (κ2) is 8.89. The average Bonchev–Trinajstić information content (AvgIpc) is 3.30. The van der Waals surface area contributed by atoms with Crippen LogP contribution in [-0.2, 0) is 6.42 Å². The van der Waals surface area contributed by atoms with E-state index in [0.29, 0.717) is 23.8 Å². The van der Waals surface area contributed by atoms with E-state index < -0.39 is 0 Å². The summed E-state index contributed by atoms with van der Waals surface area (Å²) in [5.74, 6) is 1.87. The topological polar surface area (TPSA) is 37.8 Å². The second-order valence-corrected chi connectivity index (χ2v) is 12.1. The van der Waals surface area contributed by atoms with Crippen molar-refractivity contribution in [2.45, 2.75) is 45.1 Å². The Kier molecular flexibility index (Phi) is 5.25. The van der Waals surface area contributed by atoms with Gasteiger partial charge in [-0.25, -0.2) is 9.97 Å². The highest BCUT2D eigenvalue weighted by Crippen LogP contribution is 2.49. The molecule has 3 nitrogen and oxygen atoms in total. The number of rotatable bonds is 3. The Balaban J connectivity index is 1.15. The van der Waals surface area contributed by atoms with Gasteiger partial charge in [0.05, 0.1) is 28.8 Å². The van der Waals surface area contributed by atoms with Crippen LogP contribution in [0.3, 0.4) is 0 Å². The summed E-state index contributed by atoms with van der Waals surface area (Å²) in [7, 11) is 0. The minimum absolute atomic E-state index is 0.278. The van der Waals surface area contributed by atoms with Gasteiger partial charge in [0.15, 0.2) is 0 Å². The number of fused-ring (bicyclic) bond motifs is 5. The third kappa shape index (κ3) is 3.50. The van der Waals surface area contributed by atoms with Crippen LogP contribution in [0.2, 0.25) is 0 Å². The molecule has 0 saturated carbocycles. The molecule has 0 bridgehead atoms. The van der Waals surface area contributed by atoms with Crippen LogP contribution in [0.4, 0.5) is 5.69 Å². The molecule has 2 aliphatic carbocycles. The van der Waals surface area contributed by atoms with E-state index in [1.807, 2.05) is 0 Å². The lowest BCUT2D eigenvalue weighted by Crippen LogP contribution is -2.34. The summed E-state index contributed by atoms with van der Waals surface area (Å²) < 4.78 is 0. The Bertz CT molecular complexity index is 1810. The van der Waals surface area contributed by atoms with Gasteiger partial charge >= 0.3 is 0 Å². The smallest absolute Gasteiger partial charge is 0.0979 e. The molecule has 3 aliphatic rings. The molecule has 0 fully saturated rings. The van der Waals surface area contributed by atoms with Crippen molar-refractivity contribution in [2.75, 3.05) is 5.32 Å². The van der Waals surface area contributed by atoms with Crippen LogP contribution < -0.4 is 5.32 Å². The number of nitrogens with zero attached hydrogens (tertiary/aromatic N) is 2. The minimum Gasteiger partial charge on any atom is -0.378 e. The quantitative estimate of drug-likeness (QED) is 0.253. The molecule has 1 N–H and O–H groups in total. The molecule has 0 amide bonds. The van der Waals surface area contributed by atoms with Crippen molar-refractivity contribution in [1.29, 1.82) is 0 Å². The molecule has 1 aliphatic heterocycles. The molecule has 2 heterocycles. The summed E-state index contributed by atoms with van der Waals surface area (Å²) in [6.07, 6.45) is 5.38. The first kappa shape index (κ1) is 23.6. The highest BCUT2D eigenvalue weighted by atomic mass is 15.0. The molecule has 8 rings (SSSR count). The number of hydrogen-bond donors (Lipinski definition) is 1. The van der Waals surface area contributed by atoms with Crippen LogP contribution in [0.25, 0.3) is 39.4 Å². The first-order valence-electron chi connectivity index (χ1n) is 14.6. The molecule has 4 unspecified atom stereocenters. The van der Waals surface area contributed by atoms with Crippen molar-refractivity contribution in [3.8, 4) is 22.5 Å². The van der Waals surface area contributed by atoms with Gasteiger partial charge in [-0.1, -0.05) is 106 Å². The van der Waals surface area contributed by atoms with Gasteiger partial charge in [-0.15, -0.1) is 0 Å². The zero-order chi connectivity index (χ0) is 27.0. The fraction of sp³-hybridized carbons (Fsp3) is 0.243. The van der Waals surface area contributed by atoms with Crippen LogP contribution >= 0.6 is 0 Å². The molecule has 0 spiro atoms. The van der Waals surface area contributed by atoms with Crippen molar-refractivity contribution in [2.24, 2.45) is 11.8 Å². The maximum Gasteiger partial charge on any atom is 0.0979 e. The number of aromatic nitrogens is 2. The van der Waals surface area contributed by atoms with Gasteiger partial charge in [-0.05, 0) is 52.0 Å². The maximum absolute atomic E-state index is 5.26. The zero-order valence-electron chi connectivity index (χ0n) is 23.2. The Labute approximate surface area is 236 Å². The Morgan fingerprint density at radius 1 is 0.800 bits per heavy atom. The van der Waals surface area contributed by atoms with Gasteiger partial charge in [0.25, 0.3) is 0 Å². The third-order valence-electron chi connectivity index (χ3n) is 9.51. The van der Waals surface area contributed by atoms with E-state index in [-0.39, 0.29) is 5.92 Å². The normalized spacial score (nSPS) is 22.1. The molecule has 4 atom stereocenters. The maximum atomic E-state index is 5.26. The van der Waals surface area contributed by atoms with E-state index in [1.165, 1.54) is 44.3 Å². The second-order valence-electron chi connectivity index (χ2n) is 12.1. The molecule has 5 aromatic rings. The SMILES string of the molecule is CC(C)C1C(C)c2ccc(C3C=Cc4nc5c(nc4C3)-c3cccc4cccc-5c34)cc2NC1c1ccccc1. The van der Waals surface area contributed by atoms with Crippen molar-refractivity contribution in [3.63, 3.8) is 0 Å². The molecular weight excluding hydrogens is 486 g/mol. The lowest BCUT2D eigenvalue weighted by Gasteiger charge is -2.42. The number of benzene rings is 4. The molecule has 4 aromatic carbocycles. The summed E-state index contributed by atoms with van der Waals surface area (Å²) >= 11 is 0. The van der Waals surface area contributed by atoms with E-state index in [2.05, 4.69) is 123 Å². The summed E-state index contributed by atoms with van der Waals surface area (Å²) in [6, 6.07) is 31.4. The van der Waals surface area contributed by atoms with Gasteiger partial charge in [0.1, 0.15) is 0 Å². The van der Waals surface area contributed by atoms with Crippen molar-refractivity contribution >= 4 is 22.5 Å². The van der Waals surface area contributed by atoms with Crippen LogP contribution in [-0.4, -0.2) is 9.97 Å². The Hall–Kier alpha value is -4.24. The van der Waals surface area contributed by atoms with E-state index in [9.17, 15) is 0 Å². The van der Waals surface area contributed by atoms with Gasteiger partial charge in [0, 0.05) is 34.5 Å². The minimum atomic E-state index is 0.278. The summed E-state index contributed by atoms with van der Waals surface area (Å²) in [5, 5.41) is 6.51. The van der Waals surface area contributed by atoms with Crippen LogP contribution in [0, 0.1) is 11.8 Å². The number of hydrogen-bond acceptors (Lipinski definition) is 3. The standard InChI is InChI=1S/C37H33N3/c1-21(2)33-22(3)27-17-15-25(19-31(27)39-35(33)24-9-5-4-6-10-24)26-16-18-30-32(20-26)40-37-29-14-8-12-23-11-7-13-28(34(23)29)36(37)38-30/h4-19,21-22,26,33,35,39H,20H2,1-3H3. The molecular formula is C37H33N3. The van der Waals surface area contributed by atoms with Crippen molar-refractivity contribution in [3.05, 3.63) is 119 Å². The molecule has 3 heteroatoms. The van der Waals surface area contributed by atoms with Crippen molar-refractivity contribution < 1.29 is 0 Å². The van der Waals surface area contributed by atoms with Gasteiger partial charge in [-0.3, -0.25) is 0 Å². The first-order chi connectivity index (χ1) is 19.6. The van der Waals surface area contributed by atoms with Crippen LogP contribution in [0.15, 0.2) is 91.0 Å². The largest absolute Gasteiger partial charge is 0.378 e. The average molecular weight is 520 g/mol. The van der Waals surface area contributed by atoms with E-state index in [4.69, 9.17) is 9.97 Å². The Morgan fingerprint density at radius 2 is 1.55 bits per heavy atom. The highest BCUT2D eigenvalue weighted by Gasteiger charge is 2.37. The van der Waals surface area contributed by atoms with E-state index in [1.54, 1.807) is 0 Å². The van der Waals surface area contributed by atoms with E-state index in [0.717, 1.165) is 29.2 Å². The summed E-state index contributed by atoms with van der Waals surface area (Å²) in [6.45, 7) is 7.13. The molecule has 0 radical (unpaired) electrons. The fourth-order valence-electron chi connectivity index (χ4n) is 7.61. The lowest BCUT2D eigenvalue weighted by molar-refractivity contribution is 0.281. The van der Waals surface area contributed by atoms with Crippen molar-refractivity contribution in [1.82, 2.24) is 9.97 Å². The Morgan fingerprint density at radius 3 is 2.30 bits per heavy atom. The predicted molar refractivity (Wildman–Crippen MR) is 165 cm³/mol. The zero-order valence-corrected chi connectivity index (χ0v) is 23.2. The third-order valence-corrected chi connectivity index (χ3v) is 9.51. The van der Waals surface area contributed by atoms with Crippen LogP contribution in [0.5, 0.6) is 0 Å². The monoisotopic (exact) mass is 519 g/mol. The summed E-state index contributed by atoms with van der Waals surface area (Å²) in [5.41, 5.74) is 12.0. The molecule has 196 valence electrons. The van der Waals surface area contributed by atoms with Crippen LogP contribution in [0.1, 0.15) is 66.7 Å².